The van der Waals surface area contributed by atoms with Crippen LogP contribution in [0.3, 0.4) is 0 Å². The van der Waals surface area contributed by atoms with Crippen molar-refractivity contribution >= 4 is 12.2 Å². The molecule has 2 N–H and O–H groups in total. The molecule has 1 aliphatic rings. The van der Waals surface area contributed by atoms with Crippen LogP contribution in [0.5, 0.6) is 0 Å². The van der Waals surface area contributed by atoms with Gasteiger partial charge in [0.15, 0.2) is 0 Å². The van der Waals surface area contributed by atoms with E-state index in [0.29, 0.717) is 19.5 Å². The highest BCUT2D eigenvalue weighted by Crippen LogP contribution is 2.29. The standard InChI is InChI=1S/C20H36N2O5/c1-8-15(23)12-14(13-21-17(24)26-19(2,3)4)16-10-9-11-22(16)18(25)27-20(5,6)7/h8,14-16,23H,1,9-13H2,2-7H3,(H,21,24). The predicted octanol–water partition coefficient (Wildman–Crippen LogP) is 3.46. The zero-order valence-electron chi connectivity index (χ0n) is 17.6. The Labute approximate surface area is 163 Å². The Balaban J connectivity index is 2.83. The van der Waals surface area contributed by atoms with Gasteiger partial charge in [0.25, 0.3) is 0 Å². The fraction of sp³-hybridized carbons (Fsp3) is 0.800. The Kier molecular flexibility index (Phi) is 8.14. The Bertz CT molecular complexity index is 521. The molecule has 1 fully saturated rings. The van der Waals surface area contributed by atoms with E-state index >= 15 is 0 Å². The van der Waals surface area contributed by atoms with Gasteiger partial charge in [-0.05, 0) is 66.7 Å². The molecule has 0 aromatic rings. The molecule has 1 aliphatic heterocycles. The number of likely N-dealkylation sites (tertiary alicyclic amines) is 1. The number of hydrogen-bond acceptors (Lipinski definition) is 5. The van der Waals surface area contributed by atoms with E-state index in [1.54, 1.807) is 25.7 Å². The van der Waals surface area contributed by atoms with Crippen LogP contribution in [-0.4, -0.2) is 58.6 Å². The number of nitrogens with zero attached hydrogens (tertiary/aromatic N) is 1. The van der Waals surface area contributed by atoms with E-state index in [9.17, 15) is 14.7 Å². The summed E-state index contributed by atoms with van der Waals surface area (Å²) in [6.45, 7) is 15.4. The van der Waals surface area contributed by atoms with E-state index in [-0.39, 0.29) is 18.1 Å². The first-order valence-corrected chi connectivity index (χ1v) is 9.59. The van der Waals surface area contributed by atoms with Gasteiger partial charge < -0.3 is 24.8 Å². The van der Waals surface area contributed by atoms with Gasteiger partial charge in [0.1, 0.15) is 11.2 Å². The van der Waals surface area contributed by atoms with Crippen LogP contribution >= 0.6 is 0 Å². The molecule has 0 aromatic carbocycles. The third kappa shape index (κ3) is 8.65. The number of rotatable bonds is 6. The molecule has 3 unspecified atom stereocenters. The maximum Gasteiger partial charge on any atom is 0.410 e. The summed E-state index contributed by atoms with van der Waals surface area (Å²) in [4.78, 5) is 26.3. The summed E-state index contributed by atoms with van der Waals surface area (Å²) in [5.74, 6) is -0.138. The van der Waals surface area contributed by atoms with Crippen molar-refractivity contribution in [3.8, 4) is 0 Å². The molecule has 0 bridgehead atoms. The molecular weight excluding hydrogens is 348 g/mol. The number of nitrogens with one attached hydrogen (secondary N) is 1. The molecule has 0 aliphatic carbocycles. The van der Waals surface area contributed by atoms with Crippen LogP contribution in [0.4, 0.5) is 9.59 Å². The normalized spacial score (nSPS) is 20.0. The van der Waals surface area contributed by atoms with Crippen LogP contribution in [-0.2, 0) is 9.47 Å². The number of hydrogen-bond donors (Lipinski definition) is 2. The van der Waals surface area contributed by atoms with Gasteiger partial charge in [-0.3, -0.25) is 0 Å². The summed E-state index contributed by atoms with van der Waals surface area (Å²) < 4.78 is 10.8. The smallest absolute Gasteiger partial charge is 0.410 e. The van der Waals surface area contributed by atoms with E-state index < -0.39 is 23.4 Å². The van der Waals surface area contributed by atoms with Crippen molar-refractivity contribution in [2.24, 2.45) is 5.92 Å². The first kappa shape index (κ1) is 23.3. The molecule has 27 heavy (non-hydrogen) atoms. The highest BCUT2D eigenvalue weighted by Gasteiger charge is 2.37. The SMILES string of the molecule is C=CC(O)CC(CNC(=O)OC(C)(C)C)C1CCCN1C(=O)OC(C)(C)C. The summed E-state index contributed by atoms with van der Waals surface area (Å²) in [5.41, 5.74) is -1.16. The highest BCUT2D eigenvalue weighted by atomic mass is 16.6. The minimum absolute atomic E-state index is 0.121. The molecular formula is C20H36N2O5. The van der Waals surface area contributed by atoms with Crippen LogP contribution in [0.2, 0.25) is 0 Å². The average molecular weight is 385 g/mol. The third-order valence-electron chi connectivity index (χ3n) is 4.20. The number of aliphatic hydroxyl groups is 1. The highest BCUT2D eigenvalue weighted by molar-refractivity contribution is 5.69. The van der Waals surface area contributed by atoms with Gasteiger partial charge in [0, 0.05) is 19.1 Å². The molecule has 1 heterocycles. The molecule has 2 amide bonds. The molecule has 7 nitrogen and oxygen atoms in total. The predicted molar refractivity (Wildman–Crippen MR) is 105 cm³/mol. The van der Waals surface area contributed by atoms with Crippen LogP contribution in [0.25, 0.3) is 0 Å². The molecule has 0 aromatic heterocycles. The van der Waals surface area contributed by atoms with Crippen molar-refractivity contribution < 1.29 is 24.2 Å². The maximum atomic E-state index is 12.6. The second-order valence-corrected chi connectivity index (χ2v) is 9.06. The lowest BCUT2D eigenvalue weighted by molar-refractivity contribution is 0.0148. The fourth-order valence-corrected chi connectivity index (χ4v) is 3.14. The van der Waals surface area contributed by atoms with Crippen LogP contribution in [0, 0.1) is 5.92 Å². The molecule has 156 valence electrons. The quantitative estimate of drug-likeness (QED) is 0.685. The number of amides is 2. The lowest BCUT2D eigenvalue weighted by atomic mass is 9.91. The van der Waals surface area contributed by atoms with Gasteiger partial charge in [0.2, 0.25) is 0 Å². The number of ether oxygens (including phenoxy) is 2. The van der Waals surface area contributed by atoms with Gasteiger partial charge in [-0.15, -0.1) is 6.58 Å². The lowest BCUT2D eigenvalue weighted by Gasteiger charge is -2.34. The molecule has 1 saturated heterocycles. The van der Waals surface area contributed by atoms with Gasteiger partial charge in [-0.1, -0.05) is 6.08 Å². The van der Waals surface area contributed by atoms with Crippen molar-refractivity contribution in [3.63, 3.8) is 0 Å². The van der Waals surface area contributed by atoms with Gasteiger partial charge in [0.05, 0.1) is 6.10 Å². The minimum Gasteiger partial charge on any atom is -0.444 e. The second-order valence-electron chi connectivity index (χ2n) is 9.06. The van der Waals surface area contributed by atoms with Crippen molar-refractivity contribution in [3.05, 3.63) is 12.7 Å². The lowest BCUT2D eigenvalue weighted by Crippen LogP contribution is -2.47. The van der Waals surface area contributed by atoms with Crippen molar-refractivity contribution in [2.75, 3.05) is 13.1 Å². The largest absolute Gasteiger partial charge is 0.444 e. The van der Waals surface area contributed by atoms with Crippen LogP contribution < -0.4 is 5.32 Å². The summed E-state index contributed by atoms with van der Waals surface area (Å²) >= 11 is 0. The summed E-state index contributed by atoms with van der Waals surface area (Å²) in [7, 11) is 0. The number of carbonyl (C=O) groups excluding carboxylic acids is 2. The topological polar surface area (TPSA) is 88.1 Å². The van der Waals surface area contributed by atoms with E-state index in [1.807, 2.05) is 20.8 Å². The molecule has 0 radical (unpaired) electrons. The Hall–Kier alpha value is -1.76. The van der Waals surface area contributed by atoms with E-state index in [0.717, 1.165) is 12.8 Å². The monoisotopic (exact) mass is 384 g/mol. The molecule has 7 heteroatoms. The van der Waals surface area contributed by atoms with Gasteiger partial charge in [-0.2, -0.15) is 0 Å². The Morgan fingerprint density at radius 1 is 1.22 bits per heavy atom. The minimum atomic E-state index is -0.712. The van der Waals surface area contributed by atoms with Crippen molar-refractivity contribution in [1.29, 1.82) is 0 Å². The Morgan fingerprint density at radius 3 is 2.33 bits per heavy atom. The Morgan fingerprint density at radius 2 is 1.81 bits per heavy atom. The molecule has 1 rings (SSSR count). The van der Waals surface area contributed by atoms with Crippen molar-refractivity contribution in [1.82, 2.24) is 10.2 Å². The molecule has 0 spiro atoms. The van der Waals surface area contributed by atoms with Crippen LogP contribution in [0.15, 0.2) is 12.7 Å². The van der Waals surface area contributed by atoms with Crippen LogP contribution in [0.1, 0.15) is 60.8 Å². The van der Waals surface area contributed by atoms with Gasteiger partial charge in [-0.25, -0.2) is 9.59 Å². The first-order chi connectivity index (χ1) is 12.3. The number of alkyl carbamates (subject to hydrolysis) is 1. The number of aliphatic hydroxyl groups excluding tert-OH is 1. The fourth-order valence-electron chi connectivity index (χ4n) is 3.14. The molecule has 0 saturated carbocycles. The number of carbonyl (C=O) groups is 2. The maximum absolute atomic E-state index is 12.6. The molecule has 3 atom stereocenters. The zero-order valence-corrected chi connectivity index (χ0v) is 17.6. The zero-order chi connectivity index (χ0) is 20.8. The van der Waals surface area contributed by atoms with Gasteiger partial charge >= 0.3 is 12.2 Å². The second kappa shape index (κ2) is 9.44. The first-order valence-electron chi connectivity index (χ1n) is 9.59. The summed E-state index contributed by atoms with van der Waals surface area (Å²) in [6, 6.07) is -0.121. The third-order valence-corrected chi connectivity index (χ3v) is 4.20. The van der Waals surface area contributed by atoms with E-state index in [2.05, 4.69) is 11.9 Å². The summed E-state index contributed by atoms with van der Waals surface area (Å²) in [5, 5.41) is 12.8. The summed E-state index contributed by atoms with van der Waals surface area (Å²) in [6.07, 6.45) is 1.93. The average Bonchev–Trinajstić information content (AvgIpc) is 2.97. The van der Waals surface area contributed by atoms with E-state index in [1.165, 1.54) is 6.08 Å². The van der Waals surface area contributed by atoms with E-state index in [4.69, 9.17) is 9.47 Å². The van der Waals surface area contributed by atoms with Crippen molar-refractivity contribution in [2.45, 2.75) is 84.2 Å².